The van der Waals surface area contributed by atoms with Crippen molar-refractivity contribution in [2.24, 2.45) is 0 Å². The first-order valence-corrected chi connectivity index (χ1v) is 10.0. The van der Waals surface area contributed by atoms with E-state index in [-0.39, 0.29) is 12.2 Å². The van der Waals surface area contributed by atoms with E-state index in [0.717, 1.165) is 18.4 Å². The average molecular weight is 433 g/mol. The smallest absolute Gasteiger partial charge is 0.348 e. The molecule has 0 N–H and O–H groups in total. The fourth-order valence-corrected chi connectivity index (χ4v) is 3.88. The SMILES string of the molecule is O=C1OC2(CCCC2)OC(=O)C1=Cc1ccc(OCc2ccc(Cl)cc2Cl)cc1. The maximum atomic E-state index is 12.3. The second-order valence-electron chi connectivity index (χ2n) is 7.05. The summed E-state index contributed by atoms with van der Waals surface area (Å²) in [7, 11) is 0. The lowest BCUT2D eigenvalue weighted by atomic mass is 10.1. The largest absolute Gasteiger partial charge is 0.489 e. The lowest BCUT2D eigenvalue weighted by Gasteiger charge is -2.32. The minimum absolute atomic E-state index is 0.107. The average Bonchev–Trinajstić information content (AvgIpc) is 3.12. The minimum Gasteiger partial charge on any atom is -0.489 e. The van der Waals surface area contributed by atoms with E-state index in [1.54, 1.807) is 42.5 Å². The third-order valence-corrected chi connectivity index (χ3v) is 5.55. The summed E-state index contributed by atoms with van der Waals surface area (Å²) < 4.78 is 16.6. The highest BCUT2D eigenvalue weighted by atomic mass is 35.5. The van der Waals surface area contributed by atoms with E-state index in [1.807, 2.05) is 0 Å². The molecule has 0 radical (unpaired) electrons. The summed E-state index contributed by atoms with van der Waals surface area (Å²) in [5, 5.41) is 1.10. The molecule has 0 aromatic heterocycles. The Balaban J connectivity index is 1.42. The van der Waals surface area contributed by atoms with E-state index >= 15 is 0 Å². The molecule has 0 amide bonds. The van der Waals surface area contributed by atoms with Crippen LogP contribution in [0.1, 0.15) is 36.8 Å². The van der Waals surface area contributed by atoms with E-state index in [1.165, 1.54) is 6.08 Å². The van der Waals surface area contributed by atoms with Gasteiger partial charge in [-0.05, 0) is 48.7 Å². The van der Waals surface area contributed by atoms with Gasteiger partial charge in [0.25, 0.3) is 5.79 Å². The number of hydrogen-bond donors (Lipinski definition) is 0. The van der Waals surface area contributed by atoms with Gasteiger partial charge in [0.05, 0.1) is 0 Å². The van der Waals surface area contributed by atoms with Crippen molar-refractivity contribution in [2.75, 3.05) is 0 Å². The summed E-state index contributed by atoms with van der Waals surface area (Å²) in [6.07, 6.45) is 4.33. The molecular formula is C22H18Cl2O5. The van der Waals surface area contributed by atoms with E-state index < -0.39 is 17.7 Å². The Kier molecular flexibility index (Phi) is 5.52. The Morgan fingerprint density at radius 3 is 2.24 bits per heavy atom. The van der Waals surface area contributed by atoms with Gasteiger partial charge in [0, 0.05) is 28.5 Å². The van der Waals surface area contributed by atoms with Gasteiger partial charge < -0.3 is 14.2 Å². The Hall–Kier alpha value is -2.50. The lowest BCUT2D eigenvalue weighted by Crippen LogP contribution is -2.44. The standard InChI is InChI=1S/C22H18Cl2O5/c23-16-6-5-15(19(24)12-16)13-27-17-7-3-14(4-8-17)11-18-20(25)28-22(29-21(18)26)9-1-2-10-22/h3-8,11-12H,1-2,9-10,13H2. The molecular weight excluding hydrogens is 415 g/mol. The second kappa shape index (κ2) is 8.09. The number of halogens is 2. The van der Waals surface area contributed by atoms with Crippen LogP contribution in [0, 0.1) is 0 Å². The molecule has 5 nitrogen and oxygen atoms in total. The molecule has 1 spiro atoms. The van der Waals surface area contributed by atoms with Crippen LogP contribution in [0.4, 0.5) is 0 Å². The summed E-state index contributed by atoms with van der Waals surface area (Å²) in [5.74, 6) is -1.72. The van der Waals surface area contributed by atoms with Crippen LogP contribution in [0.25, 0.3) is 6.08 Å². The van der Waals surface area contributed by atoms with Crippen molar-refractivity contribution < 1.29 is 23.8 Å². The van der Waals surface area contributed by atoms with Gasteiger partial charge >= 0.3 is 11.9 Å². The number of carbonyl (C=O) groups is 2. The number of hydrogen-bond acceptors (Lipinski definition) is 5. The van der Waals surface area contributed by atoms with E-state index in [9.17, 15) is 9.59 Å². The minimum atomic E-state index is -1.06. The highest BCUT2D eigenvalue weighted by molar-refractivity contribution is 6.35. The number of esters is 2. The maximum Gasteiger partial charge on any atom is 0.348 e. The fraction of sp³-hybridized carbons (Fsp3) is 0.273. The quantitative estimate of drug-likeness (QED) is 0.371. The number of rotatable bonds is 4. The van der Waals surface area contributed by atoms with Crippen LogP contribution in [0.3, 0.4) is 0 Å². The van der Waals surface area contributed by atoms with Crippen LogP contribution < -0.4 is 4.74 Å². The lowest BCUT2D eigenvalue weighted by molar-refractivity contribution is -0.232. The number of benzene rings is 2. The second-order valence-corrected chi connectivity index (χ2v) is 7.89. The van der Waals surface area contributed by atoms with Gasteiger partial charge in [-0.1, -0.05) is 41.4 Å². The third kappa shape index (κ3) is 4.41. The van der Waals surface area contributed by atoms with Crippen molar-refractivity contribution in [2.45, 2.75) is 38.1 Å². The Bertz CT molecular complexity index is 953. The first-order chi connectivity index (χ1) is 13.9. The van der Waals surface area contributed by atoms with Gasteiger partial charge in [-0.25, -0.2) is 9.59 Å². The summed E-state index contributed by atoms with van der Waals surface area (Å²) in [4.78, 5) is 24.6. The molecule has 4 rings (SSSR count). The molecule has 2 fully saturated rings. The van der Waals surface area contributed by atoms with Crippen molar-refractivity contribution in [1.29, 1.82) is 0 Å². The molecule has 1 saturated carbocycles. The first-order valence-electron chi connectivity index (χ1n) is 9.29. The summed E-state index contributed by atoms with van der Waals surface area (Å²) in [6, 6.07) is 12.2. The Morgan fingerprint density at radius 2 is 1.62 bits per heavy atom. The van der Waals surface area contributed by atoms with Crippen molar-refractivity contribution >= 4 is 41.2 Å². The molecule has 2 aliphatic rings. The van der Waals surface area contributed by atoms with Crippen LogP contribution in [0.5, 0.6) is 5.75 Å². The topological polar surface area (TPSA) is 61.8 Å². The first kappa shape index (κ1) is 19.8. The summed E-state index contributed by atoms with van der Waals surface area (Å²) >= 11 is 12.0. The fourth-order valence-electron chi connectivity index (χ4n) is 3.41. The van der Waals surface area contributed by atoms with Gasteiger partial charge in [0.2, 0.25) is 0 Å². The van der Waals surface area contributed by atoms with Crippen LogP contribution in [-0.2, 0) is 25.7 Å². The van der Waals surface area contributed by atoms with E-state index in [0.29, 0.717) is 34.2 Å². The molecule has 1 saturated heterocycles. The highest BCUT2D eigenvalue weighted by Gasteiger charge is 2.47. The zero-order valence-corrected chi connectivity index (χ0v) is 17.0. The van der Waals surface area contributed by atoms with E-state index in [4.69, 9.17) is 37.4 Å². The molecule has 2 aromatic carbocycles. The van der Waals surface area contributed by atoms with Gasteiger partial charge in [-0.3, -0.25) is 0 Å². The van der Waals surface area contributed by atoms with Crippen molar-refractivity contribution in [3.8, 4) is 5.75 Å². The molecule has 0 unspecified atom stereocenters. The zero-order valence-electron chi connectivity index (χ0n) is 15.5. The van der Waals surface area contributed by atoms with Crippen LogP contribution in [0.2, 0.25) is 10.0 Å². The Labute approximate surface area is 178 Å². The van der Waals surface area contributed by atoms with Gasteiger partial charge in [-0.15, -0.1) is 0 Å². The van der Waals surface area contributed by atoms with Gasteiger partial charge in [0.15, 0.2) is 0 Å². The van der Waals surface area contributed by atoms with Gasteiger partial charge in [0.1, 0.15) is 17.9 Å². The molecule has 29 heavy (non-hydrogen) atoms. The highest BCUT2D eigenvalue weighted by Crippen LogP contribution is 2.38. The van der Waals surface area contributed by atoms with Crippen molar-refractivity contribution in [3.63, 3.8) is 0 Å². The van der Waals surface area contributed by atoms with Crippen LogP contribution in [-0.4, -0.2) is 17.7 Å². The normalized spacial score (nSPS) is 17.8. The zero-order chi connectivity index (χ0) is 20.4. The number of ether oxygens (including phenoxy) is 3. The predicted molar refractivity (Wildman–Crippen MR) is 109 cm³/mol. The van der Waals surface area contributed by atoms with Crippen LogP contribution in [0.15, 0.2) is 48.0 Å². The molecule has 1 aliphatic carbocycles. The molecule has 1 aliphatic heterocycles. The number of carbonyl (C=O) groups excluding carboxylic acids is 2. The summed E-state index contributed by atoms with van der Waals surface area (Å²) in [6.45, 7) is 0.289. The molecule has 0 atom stereocenters. The Morgan fingerprint density at radius 1 is 0.966 bits per heavy atom. The molecule has 1 heterocycles. The third-order valence-electron chi connectivity index (χ3n) is 4.96. The predicted octanol–water partition coefficient (Wildman–Crippen LogP) is 5.33. The summed E-state index contributed by atoms with van der Waals surface area (Å²) in [5.41, 5.74) is 1.37. The van der Waals surface area contributed by atoms with Crippen molar-refractivity contribution in [3.05, 3.63) is 69.2 Å². The van der Waals surface area contributed by atoms with Crippen LogP contribution >= 0.6 is 23.2 Å². The molecule has 7 heteroatoms. The molecule has 2 aromatic rings. The monoisotopic (exact) mass is 432 g/mol. The van der Waals surface area contributed by atoms with E-state index in [2.05, 4.69) is 0 Å². The molecule has 0 bridgehead atoms. The van der Waals surface area contributed by atoms with Crippen molar-refractivity contribution in [1.82, 2.24) is 0 Å². The maximum absolute atomic E-state index is 12.3. The molecule has 150 valence electrons. The van der Waals surface area contributed by atoms with Gasteiger partial charge in [-0.2, -0.15) is 0 Å².